The average Bonchev–Trinajstić information content (AvgIpc) is 3.06. The van der Waals surface area contributed by atoms with Crippen molar-refractivity contribution in [3.8, 4) is 0 Å². The van der Waals surface area contributed by atoms with Crippen molar-refractivity contribution in [2.45, 2.75) is 13.1 Å². The Morgan fingerprint density at radius 3 is 2.90 bits per heavy atom. The van der Waals surface area contributed by atoms with Gasteiger partial charge in [0.15, 0.2) is 0 Å². The summed E-state index contributed by atoms with van der Waals surface area (Å²) in [4.78, 5) is 12.1. The Morgan fingerprint density at radius 2 is 2.15 bits per heavy atom. The zero-order chi connectivity index (χ0) is 13.9. The van der Waals surface area contributed by atoms with Crippen LogP contribution in [0.4, 0.5) is 0 Å². The van der Waals surface area contributed by atoms with Crippen LogP contribution in [0.5, 0.6) is 0 Å². The van der Waals surface area contributed by atoms with Gasteiger partial charge in [-0.15, -0.1) is 11.3 Å². The van der Waals surface area contributed by atoms with Gasteiger partial charge in [-0.3, -0.25) is 0 Å². The predicted molar refractivity (Wildman–Crippen MR) is 78.0 cm³/mol. The molecular formula is C15H13NO3S. The molecule has 0 aliphatic heterocycles. The number of benzene rings is 1. The highest BCUT2D eigenvalue weighted by Gasteiger charge is 2.10. The first-order valence-corrected chi connectivity index (χ1v) is 7.09. The molecule has 0 unspecified atom stereocenters. The summed E-state index contributed by atoms with van der Waals surface area (Å²) in [7, 11) is 0. The number of aromatic carboxylic acids is 1. The Labute approximate surface area is 119 Å². The van der Waals surface area contributed by atoms with E-state index in [2.05, 4.69) is 16.8 Å². The van der Waals surface area contributed by atoms with Crippen molar-refractivity contribution < 1.29 is 14.3 Å². The fraction of sp³-hybridized carbons (Fsp3) is 0.133. The topological polar surface area (TPSA) is 62.5 Å². The van der Waals surface area contributed by atoms with Crippen LogP contribution in [0, 0.1) is 0 Å². The zero-order valence-corrected chi connectivity index (χ0v) is 11.4. The molecule has 0 spiro atoms. The maximum absolute atomic E-state index is 10.9. The van der Waals surface area contributed by atoms with Crippen LogP contribution < -0.4 is 5.32 Å². The molecule has 2 N–H and O–H groups in total. The van der Waals surface area contributed by atoms with E-state index in [1.807, 2.05) is 24.3 Å². The number of rotatable bonds is 5. The van der Waals surface area contributed by atoms with Crippen molar-refractivity contribution in [1.82, 2.24) is 5.32 Å². The van der Waals surface area contributed by atoms with Gasteiger partial charge >= 0.3 is 5.97 Å². The summed E-state index contributed by atoms with van der Waals surface area (Å²) in [6, 6.07) is 11.4. The molecule has 3 rings (SSSR count). The van der Waals surface area contributed by atoms with Crippen LogP contribution in [-0.4, -0.2) is 11.1 Å². The highest BCUT2D eigenvalue weighted by atomic mass is 32.1. The normalized spacial score (nSPS) is 11.0. The van der Waals surface area contributed by atoms with Crippen LogP contribution in [0.15, 0.2) is 46.2 Å². The van der Waals surface area contributed by atoms with Gasteiger partial charge < -0.3 is 14.8 Å². The average molecular weight is 287 g/mol. The zero-order valence-electron chi connectivity index (χ0n) is 10.6. The Bertz CT molecular complexity index is 731. The number of carboxylic acid groups (broad SMARTS) is 1. The second-order valence-electron chi connectivity index (χ2n) is 4.47. The lowest BCUT2D eigenvalue weighted by atomic mass is 10.1. The van der Waals surface area contributed by atoms with Gasteiger partial charge in [-0.1, -0.05) is 12.1 Å². The molecule has 0 radical (unpaired) electrons. The van der Waals surface area contributed by atoms with Gasteiger partial charge in [0.1, 0.15) is 5.58 Å². The van der Waals surface area contributed by atoms with Gasteiger partial charge in [0.05, 0.1) is 0 Å². The van der Waals surface area contributed by atoms with E-state index in [0.717, 1.165) is 24.0 Å². The number of fused-ring (bicyclic) bond motifs is 1. The number of furan rings is 1. The fourth-order valence-corrected chi connectivity index (χ4v) is 2.73. The third-order valence-corrected chi connectivity index (χ3v) is 3.88. The second kappa shape index (κ2) is 5.48. The molecule has 102 valence electrons. The number of hydrogen-bond donors (Lipinski definition) is 2. The maximum atomic E-state index is 10.9. The first-order valence-electron chi connectivity index (χ1n) is 6.21. The highest BCUT2D eigenvalue weighted by molar-refractivity contribution is 7.09. The van der Waals surface area contributed by atoms with E-state index in [0.29, 0.717) is 5.58 Å². The maximum Gasteiger partial charge on any atom is 0.371 e. The molecule has 0 fully saturated rings. The summed E-state index contributed by atoms with van der Waals surface area (Å²) in [5.74, 6) is -1.07. The van der Waals surface area contributed by atoms with Crippen molar-refractivity contribution in [2.24, 2.45) is 0 Å². The Kier molecular flexibility index (Phi) is 3.54. The van der Waals surface area contributed by atoms with E-state index in [-0.39, 0.29) is 5.76 Å². The molecule has 5 heteroatoms. The summed E-state index contributed by atoms with van der Waals surface area (Å²) in [6.45, 7) is 1.57. The second-order valence-corrected chi connectivity index (χ2v) is 5.50. The molecule has 0 aliphatic rings. The van der Waals surface area contributed by atoms with E-state index in [4.69, 9.17) is 9.52 Å². The van der Waals surface area contributed by atoms with Crippen LogP contribution in [0.2, 0.25) is 0 Å². The molecule has 1 aromatic carbocycles. The summed E-state index contributed by atoms with van der Waals surface area (Å²) < 4.78 is 5.23. The standard InChI is InChI=1S/C15H13NO3S/c17-15(18)14-7-11-6-10(3-4-13(11)19-14)8-16-9-12-2-1-5-20-12/h1-7,16H,8-9H2,(H,17,18). The third kappa shape index (κ3) is 2.74. The SMILES string of the molecule is O=C(O)c1cc2cc(CNCc3cccs3)ccc2o1. The largest absolute Gasteiger partial charge is 0.475 e. The number of carbonyl (C=O) groups is 1. The Balaban J connectivity index is 1.70. The quantitative estimate of drug-likeness (QED) is 0.754. The minimum absolute atomic E-state index is 0.0244. The van der Waals surface area contributed by atoms with E-state index < -0.39 is 5.97 Å². The smallest absolute Gasteiger partial charge is 0.371 e. The van der Waals surface area contributed by atoms with Crippen LogP contribution in [0.3, 0.4) is 0 Å². The molecule has 0 saturated carbocycles. The minimum Gasteiger partial charge on any atom is -0.475 e. The van der Waals surface area contributed by atoms with Crippen molar-refractivity contribution >= 4 is 28.3 Å². The lowest BCUT2D eigenvalue weighted by molar-refractivity contribution is 0.0665. The van der Waals surface area contributed by atoms with Crippen molar-refractivity contribution in [3.05, 3.63) is 58.0 Å². The highest BCUT2D eigenvalue weighted by Crippen LogP contribution is 2.21. The van der Waals surface area contributed by atoms with E-state index in [1.54, 1.807) is 17.4 Å². The lowest BCUT2D eigenvalue weighted by Gasteiger charge is -2.03. The number of carboxylic acids is 1. The summed E-state index contributed by atoms with van der Waals surface area (Å²) in [5, 5.41) is 15.1. The number of hydrogen-bond acceptors (Lipinski definition) is 4. The summed E-state index contributed by atoms with van der Waals surface area (Å²) in [6.07, 6.45) is 0. The van der Waals surface area contributed by atoms with Gasteiger partial charge in [-0.25, -0.2) is 4.79 Å². The number of nitrogens with one attached hydrogen (secondary N) is 1. The Morgan fingerprint density at radius 1 is 1.25 bits per heavy atom. The molecule has 3 aromatic rings. The van der Waals surface area contributed by atoms with E-state index in [1.165, 1.54) is 4.88 Å². The van der Waals surface area contributed by atoms with Gasteiger partial charge in [-0.2, -0.15) is 0 Å². The first-order chi connectivity index (χ1) is 9.72. The molecule has 0 amide bonds. The first kappa shape index (κ1) is 12.9. The van der Waals surface area contributed by atoms with Gasteiger partial charge in [0.25, 0.3) is 0 Å². The summed E-state index contributed by atoms with van der Waals surface area (Å²) in [5.41, 5.74) is 1.70. The molecule has 20 heavy (non-hydrogen) atoms. The number of thiophene rings is 1. The lowest BCUT2D eigenvalue weighted by Crippen LogP contribution is -2.11. The van der Waals surface area contributed by atoms with Crippen LogP contribution in [0.1, 0.15) is 21.0 Å². The molecule has 0 bridgehead atoms. The molecular weight excluding hydrogens is 274 g/mol. The molecule has 2 heterocycles. The van der Waals surface area contributed by atoms with Crippen molar-refractivity contribution in [2.75, 3.05) is 0 Å². The van der Waals surface area contributed by atoms with Gasteiger partial charge in [0.2, 0.25) is 5.76 Å². The minimum atomic E-state index is -1.04. The molecule has 2 aromatic heterocycles. The van der Waals surface area contributed by atoms with Crippen molar-refractivity contribution in [1.29, 1.82) is 0 Å². The third-order valence-electron chi connectivity index (χ3n) is 3.00. The monoisotopic (exact) mass is 287 g/mol. The predicted octanol–water partition coefficient (Wildman–Crippen LogP) is 3.48. The van der Waals surface area contributed by atoms with E-state index in [9.17, 15) is 4.79 Å². The van der Waals surface area contributed by atoms with Crippen molar-refractivity contribution in [3.63, 3.8) is 0 Å². The molecule has 0 aliphatic carbocycles. The van der Waals surface area contributed by atoms with Crippen LogP contribution >= 0.6 is 11.3 Å². The van der Waals surface area contributed by atoms with Crippen LogP contribution in [0.25, 0.3) is 11.0 Å². The van der Waals surface area contributed by atoms with Gasteiger partial charge in [-0.05, 0) is 35.2 Å². The summed E-state index contributed by atoms with van der Waals surface area (Å²) >= 11 is 1.72. The molecule has 0 saturated heterocycles. The Hall–Kier alpha value is -2.11. The van der Waals surface area contributed by atoms with E-state index >= 15 is 0 Å². The van der Waals surface area contributed by atoms with Gasteiger partial charge in [0, 0.05) is 23.4 Å². The molecule has 0 atom stereocenters. The fourth-order valence-electron chi connectivity index (χ4n) is 2.05. The van der Waals surface area contributed by atoms with Crippen LogP contribution in [-0.2, 0) is 13.1 Å². The molecule has 4 nitrogen and oxygen atoms in total.